The first kappa shape index (κ1) is 23.8. The van der Waals surface area contributed by atoms with Crippen LogP contribution in [0, 0.1) is 5.82 Å². The molecule has 0 aliphatic carbocycles. The number of carbonyl (C=O) groups is 1. The van der Waals surface area contributed by atoms with Crippen molar-refractivity contribution in [2.24, 2.45) is 5.10 Å². The molecule has 1 unspecified atom stereocenters. The highest BCUT2D eigenvalue weighted by atomic mass is 32.2. The first-order valence-electron chi connectivity index (χ1n) is 10.9. The van der Waals surface area contributed by atoms with E-state index in [1.807, 2.05) is 0 Å². The van der Waals surface area contributed by atoms with E-state index in [1.54, 1.807) is 37.3 Å². The molecule has 2 aromatic carbocycles. The van der Waals surface area contributed by atoms with Crippen molar-refractivity contribution in [1.82, 2.24) is 10.3 Å². The van der Waals surface area contributed by atoms with E-state index >= 15 is 4.39 Å². The first-order chi connectivity index (χ1) is 16.2. The average molecular weight is 491 g/mol. The number of ether oxygens (including phenoxy) is 2. The summed E-state index contributed by atoms with van der Waals surface area (Å²) in [6.45, 7) is 2.21. The quantitative estimate of drug-likeness (QED) is 0.710. The molecular formula is C23H27FN4O5S. The van der Waals surface area contributed by atoms with Gasteiger partial charge >= 0.3 is 6.03 Å². The van der Waals surface area contributed by atoms with Crippen LogP contribution in [0.3, 0.4) is 0 Å². The van der Waals surface area contributed by atoms with Gasteiger partial charge in [0.1, 0.15) is 0 Å². The maximum Gasteiger partial charge on any atom is 0.337 e. The third-order valence-electron chi connectivity index (χ3n) is 6.04. The van der Waals surface area contributed by atoms with E-state index in [4.69, 9.17) is 9.47 Å². The Labute approximate surface area is 198 Å². The van der Waals surface area contributed by atoms with Gasteiger partial charge < -0.3 is 14.8 Å². The molecule has 0 radical (unpaired) electrons. The van der Waals surface area contributed by atoms with Gasteiger partial charge in [0.2, 0.25) is 10.0 Å². The van der Waals surface area contributed by atoms with Crippen molar-refractivity contribution in [3.8, 4) is 11.5 Å². The van der Waals surface area contributed by atoms with Gasteiger partial charge in [-0.2, -0.15) is 5.10 Å². The highest BCUT2D eigenvalue weighted by Gasteiger charge is 2.32. The Morgan fingerprint density at radius 2 is 1.91 bits per heavy atom. The summed E-state index contributed by atoms with van der Waals surface area (Å²) in [4.78, 5) is 12.6. The van der Waals surface area contributed by atoms with Crippen LogP contribution in [0.5, 0.6) is 11.5 Å². The van der Waals surface area contributed by atoms with Crippen LogP contribution in [-0.2, 0) is 16.4 Å². The van der Waals surface area contributed by atoms with Crippen LogP contribution in [0.15, 0.2) is 35.4 Å². The van der Waals surface area contributed by atoms with Crippen LogP contribution >= 0.6 is 0 Å². The number of benzene rings is 2. The minimum Gasteiger partial charge on any atom is -0.493 e. The summed E-state index contributed by atoms with van der Waals surface area (Å²) in [5.41, 5.74) is 2.32. The summed E-state index contributed by atoms with van der Waals surface area (Å²) >= 11 is 0. The van der Waals surface area contributed by atoms with E-state index in [1.165, 1.54) is 30.6 Å². The number of anilines is 1. The fourth-order valence-electron chi connectivity index (χ4n) is 4.33. The Bertz CT molecular complexity index is 1250. The van der Waals surface area contributed by atoms with Crippen LogP contribution < -0.4 is 19.1 Å². The second-order valence-electron chi connectivity index (χ2n) is 8.14. The zero-order valence-corrected chi connectivity index (χ0v) is 20.3. The smallest absolute Gasteiger partial charge is 0.337 e. The first-order valence-corrected chi connectivity index (χ1v) is 12.5. The number of hydrogen-bond donors (Lipinski definition) is 1. The third-order valence-corrected chi connectivity index (χ3v) is 7.91. The number of carbonyl (C=O) groups excluding carboxylic acids is 1. The van der Waals surface area contributed by atoms with E-state index in [0.29, 0.717) is 41.1 Å². The number of hydrazone groups is 1. The SMILES string of the molecule is CNC(=O)N1N=C(c2ccc(N3CCCS3(=O)=O)cc2)c2cc(OC)c(OC)c(F)c2CC1C. The van der Waals surface area contributed by atoms with Crippen molar-refractivity contribution < 1.29 is 27.1 Å². The highest BCUT2D eigenvalue weighted by Crippen LogP contribution is 2.38. The van der Waals surface area contributed by atoms with Crippen molar-refractivity contribution in [3.63, 3.8) is 0 Å². The molecule has 0 aromatic heterocycles. The number of rotatable bonds is 4. The lowest BCUT2D eigenvalue weighted by molar-refractivity contribution is 0.184. The van der Waals surface area contributed by atoms with Gasteiger partial charge in [-0.15, -0.1) is 0 Å². The average Bonchev–Trinajstić information content (AvgIpc) is 3.11. The zero-order valence-electron chi connectivity index (χ0n) is 19.5. The molecule has 0 saturated carbocycles. The van der Waals surface area contributed by atoms with E-state index in [0.717, 1.165) is 0 Å². The molecule has 182 valence electrons. The molecule has 1 saturated heterocycles. The standard InChI is InChI=1S/C23H27FN4O5S/c1-14-12-17-18(13-19(32-3)22(33-4)20(17)24)21(26-28(14)23(29)25-2)15-6-8-16(9-7-15)27-10-5-11-34(27,30)31/h6-9,13-14H,5,10-12H2,1-4H3,(H,25,29). The van der Waals surface area contributed by atoms with Crippen LogP contribution in [-0.4, -0.2) is 64.8 Å². The number of nitrogens with zero attached hydrogens (tertiary/aromatic N) is 3. The van der Waals surface area contributed by atoms with Crippen molar-refractivity contribution in [2.45, 2.75) is 25.8 Å². The number of urea groups is 1. The lowest BCUT2D eigenvalue weighted by Gasteiger charge is -2.22. The van der Waals surface area contributed by atoms with Crippen LogP contribution in [0.1, 0.15) is 30.0 Å². The van der Waals surface area contributed by atoms with E-state index in [2.05, 4.69) is 10.4 Å². The van der Waals surface area contributed by atoms with Gasteiger partial charge in [0.25, 0.3) is 0 Å². The second kappa shape index (κ2) is 9.13. The summed E-state index contributed by atoms with van der Waals surface area (Å²) < 4.78 is 52.1. The molecule has 34 heavy (non-hydrogen) atoms. The topological polar surface area (TPSA) is 101 Å². The van der Waals surface area contributed by atoms with Crippen LogP contribution in [0.2, 0.25) is 0 Å². The van der Waals surface area contributed by atoms with Crippen molar-refractivity contribution in [3.05, 3.63) is 52.8 Å². The Hall–Kier alpha value is -3.34. The Balaban J connectivity index is 1.88. The molecule has 2 heterocycles. The largest absolute Gasteiger partial charge is 0.493 e. The number of amides is 2. The minimum atomic E-state index is -3.32. The van der Waals surface area contributed by atoms with Gasteiger partial charge in [-0.25, -0.2) is 22.6 Å². The molecule has 1 atom stereocenters. The third kappa shape index (κ3) is 4.04. The number of fused-ring (bicyclic) bond motifs is 1. The summed E-state index contributed by atoms with van der Waals surface area (Å²) in [7, 11) is 0.961. The molecule has 1 fully saturated rings. The summed E-state index contributed by atoms with van der Waals surface area (Å²) in [5, 5.41) is 8.46. The Kier molecular flexibility index (Phi) is 6.39. The van der Waals surface area contributed by atoms with Gasteiger partial charge in [-0.05, 0) is 38.0 Å². The van der Waals surface area contributed by atoms with Gasteiger partial charge in [0.05, 0.1) is 37.4 Å². The molecule has 11 heteroatoms. The number of methoxy groups -OCH3 is 2. The molecule has 0 bridgehead atoms. The molecule has 2 amide bonds. The fourth-order valence-corrected chi connectivity index (χ4v) is 5.89. The number of nitrogens with one attached hydrogen (secondary N) is 1. The van der Waals surface area contributed by atoms with Crippen LogP contribution in [0.4, 0.5) is 14.9 Å². The highest BCUT2D eigenvalue weighted by molar-refractivity contribution is 7.93. The van der Waals surface area contributed by atoms with Crippen molar-refractivity contribution in [1.29, 1.82) is 0 Å². The maximum absolute atomic E-state index is 15.6. The summed E-state index contributed by atoms with van der Waals surface area (Å²) in [6.07, 6.45) is 0.774. The van der Waals surface area contributed by atoms with Crippen molar-refractivity contribution >= 4 is 27.5 Å². The van der Waals surface area contributed by atoms with Crippen LogP contribution in [0.25, 0.3) is 0 Å². The number of sulfonamides is 1. The molecule has 9 nitrogen and oxygen atoms in total. The summed E-state index contributed by atoms with van der Waals surface area (Å²) in [6, 6.07) is 7.59. The molecule has 0 spiro atoms. The second-order valence-corrected chi connectivity index (χ2v) is 10.2. The van der Waals surface area contributed by atoms with Crippen molar-refractivity contribution in [2.75, 3.05) is 37.9 Å². The minimum absolute atomic E-state index is 0.0178. The normalized spacial score (nSPS) is 19.2. The van der Waals surface area contributed by atoms with Gasteiger partial charge in [0, 0.05) is 30.3 Å². The Morgan fingerprint density at radius 1 is 1.21 bits per heavy atom. The molecule has 2 aliphatic rings. The van der Waals surface area contributed by atoms with E-state index in [9.17, 15) is 13.2 Å². The molecule has 2 aromatic rings. The summed E-state index contributed by atoms with van der Waals surface area (Å²) in [5.74, 6) is -0.271. The number of halogens is 1. The molecular weight excluding hydrogens is 463 g/mol. The molecule has 2 aliphatic heterocycles. The zero-order chi connectivity index (χ0) is 24.6. The lowest BCUT2D eigenvalue weighted by atomic mass is 9.93. The fraction of sp³-hybridized carbons (Fsp3) is 0.391. The van der Waals surface area contributed by atoms with Gasteiger partial charge in [0.15, 0.2) is 17.3 Å². The molecule has 4 rings (SSSR count). The van der Waals surface area contributed by atoms with E-state index in [-0.39, 0.29) is 23.7 Å². The van der Waals surface area contributed by atoms with E-state index < -0.39 is 27.9 Å². The Morgan fingerprint density at radius 3 is 2.47 bits per heavy atom. The monoisotopic (exact) mass is 490 g/mol. The number of hydrogen-bond acceptors (Lipinski definition) is 6. The van der Waals surface area contributed by atoms with Gasteiger partial charge in [-0.3, -0.25) is 4.31 Å². The predicted octanol–water partition coefficient (Wildman–Crippen LogP) is 2.72. The maximum atomic E-state index is 15.6. The lowest BCUT2D eigenvalue weighted by Crippen LogP contribution is -2.41. The predicted molar refractivity (Wildman–Crippen MR) is 127 cm³/mol. The molecule has 1 N–H and O–H groups in total. The van der Waals surface area contributed by atoms with Gasteiger partial charge in [-0.1, -0.05) is 12.1 Å².